The largest absolute Gasteiger partial charge is 0.481 e. The van der Waals surface area contributed by atoms with Gasteiger partial charge in [0.25, 0.3) is 0 Å². The molecule has 0 aliphatic rings. The van der Waals surface area contributed by atoms with E-state index in [4.69, 9.17) is 10.2 Å². The van der Waals surface area contributed by atoms with E-state index in [2.05, 4.69) is 0 Å². The molecule has 158 valence electrons. The van der Waals surface area contributed by atoms with Gasteiger partial charge in [-0.3, -0.25) is 4.79 Å². The number of carboxylic acid groups (broad SMARTS) is 2. The summed E-state index contributed by atoms with van der Waals surface area (Å²) in [5, 5.41) is 17.0. The lowest BCUT2D eigenvalue weighted by atomic mass is 10.0. The molecule has 0 aliphatic carbocycles. The molecule has 0 radical (unpaired) electrons. The number of aliphatic carboxylic acids is 2. The minimum atomic E-state index is -0.847. The van der Waals surface area contributed by atoms with Crippen LogP contribution in [0.15, 0.2) is 12.2 Å². The van der Waals surface area contributed by atoms with Crippen LogP contribution in [0.2, 0.25) is 0 Å². The third kappa shape index (κ3) is 24.7. The monoisotopic (exact) mass is 382 g/mol. The van der Waals surface area contributed by atoms with E-state index in [0.29, 0.717) is 6.42 Å². The van der Waals surface area contributed by atoms with Gasteiger partial charge in [-0.2, -0.15) is 0 Å². The Balaban J connectivity index is 3.05. The van der Waals surface area contributed by atoms with Gasteiger partial charge >= 0.3 is 11.9 Å². The van der Waals surface area contributed by atoms with Crippen LogP contribution in [0.4, 0.5) is 0 Å². The summed E-state index contributed by atoms with van der Waals surface area (Å²) in [6, 6.07) is 0. The van der Waals surface area contributed by atoms with Gasteiger partial charge in [-0.1, -0.05) is 102 Å². The summed E-state index contributed by atoms with van der Waals surface area (Å²) >= 11 is 0. The van der Waals surface area contributed by atoms with Crippen LogP contribution in [0.25, 0.3) is 0 Å². The third-order valence-corrected chi connectivity index (χ3v) is 5.02. The van der Waals surface area contributed by atoms with Crippen molar-refractivity contribution in [2.75, 3.05) is 0 Å². The standard InChI is InChI=1S/C23H42O4/c24-22(25)20-18-16-14-12-10-8-6-4-2-1-3-5-7-9-11-13-15-17-19-21-23(26)27/h18,20H,1-17,19,21H2,(H,24,25)(H,26,27). The van der Waals surface area contributed by atoms with E-state index in [1.807, 2.05) is 0 Å². The zero-order valence-corrected chi connectivity index (χ0v) is 17.3. The van der Waals surface area contributed by atoms with Gasteiger partial charge < -0.3 is 10.2 Å². The summed E-state index contributed by atoms with van der Waals surface area (Å²) in [7, 11) is 0. The van der Waals surface area contributed by atoms with Crippen LogP contribution < -0.4 is 0 Å². The molecular weight excluding hydrogens is 340 g/mol. The molecule has 0 spiro atoms. The van der Waals surface area contributed by atoms with Crippen LogP contribution in [-0.2, 0) is 9.59 Å². The minimum Gasteiger partial charge on any atom is -0.481 e. The molecule has 0 saturated heterocycles. The summed E-state index contributed by atoms with van der Waals surface area (Å²) < 4.78 is 0. The summed E-state index contributed by atoms with van der Waals surface area (Å²) in [5.74, 6) is -1.52. The molecule has 0 rings (SSSR count). The van der Waals surface area contributed by atoms with Crippen LogP contribution in [0.5, 0.6) is 0 Å². The van der Waals surface area contributed by atoms with Crippen LogP contribution in [0.3, 0.4) is 0 Å². The summed E-state index contributed by atoms with van der Waals surface area (Å²) in [6.07, 6.45) is 25.6. The van der Waals surface area contributed by atoms with E-state index < -0.39 is 11.9 Å². The summed E-state index contributed by atoms with van der Waals surface area (Å²) in [4.78, 5) is 20.7. The van der Waals surface area contributed by atoms with Gasteiger partial charge in [-0.15, -0.1) is 0 Å². The molecule has 0 aromatic carbocycles. The Kier molecular flexibility index (Phi) is 20.0. The van der Waals surface area contributed by atoms with Crippen molar-refractivity contribution in [2.24, 2.45) is 0 Å². The maximum Gasteiger partial charge on any atom is 0.327 e. The van der Waals surface area contributed by atoms with Crippen molar-refractivity contribution in [3.05, 3.63) is 12.2 Å². The van der Waals surface area contributed by atoms with Gasteiger partial charge in [-0.25, -0.2) is 4.79 Å². The highest BCUT2D eigenvalue weighted by molar-refractivity contribution is 5.79. The number of rotatable bonds is 21. The van der Waals surface area contributed by atoms with Crippen LogP contribution >= 0.6 is 0 Å². The fraction of sp³-hybridized carbons (Fsp3) is 0.826. The fourth-order valence-corrected chi connectivity index (χ4v) is 3.37. The van der Waals surface area contributed by atoms with Gasteiger partial charge in [0.05, 0.1) is 0 Å². The maximum absolute atomic E-state index is 10.4. The van der Waals surface area contributed by atoms with E-state index in [0.717, 1.165) is 25.7 Å². The van der Waals surface area contributed by atoms with Crippen molar-refractivity contribution in [1.29, 1.82) is 0 Å². The Bertz CT molecular complexity index is 377. The Morgan fingerprint density at radius 3 is 1.19 bits per heavy atom. The highest BCUT2D eigenvalue weighted by Crippen LogP contribution is 2.14. The van der Waals surface area contributed by atoms with E-state index in [-0.39, 0.29) is 0 Å². The molecule has 2 N–H and O–H groups in total. The molecule has 27 heavy (non-hydrogen) atoms. The highest BCUT2D eigenvalue weighted by atomic mass is 16.4. The van der Waals surface area contributed by atoms with Crippen LogP contribution in [-0.4, -0.2) is 22.2 Å². The normalized spacial score (nSPS) is 11.3. The zero-order chi connectivity index (χ0) is 20.0. The third-order valence-electron chi connectivity index (χ3n) is 5.02. The fourth-order valence-electron chi connectivity index (χ4n) is 3.37. The molecule has 0 aliphatic heterocycles. The maximum atomic E-state index is 10.4. The van der Waals surface area contributed by atoms with Gasteiger partial charge in [0.2, 0.25) is 0 Å². The summed E-state index contributed by atoms with van der Waals surface area (Å²) in [5.41, 5.74) is 0. The molecule has 0 heterocycles. The lowest BCUT2D eigenvalue weighted by Crippen LogP contribution is -1.93. The van der Waals surface area contributed by atoms with E-state index in [1.54, 1.807) is 6.08 Å². The SMILES string of the molecule is O=C(O)C=CCCCCCCCCCCCCCCCCCCCC(=O)O. The Morgan fingerprint density at radius 1 is 0.519 bits per heavy atom. The van der Waals surface area contributed by atoms with E-state index in [1.165, 1.54) is 96.0 Å². The predicted octanol–water partition coefficient (Wildman–Crippen LogP) is 7.12. The number of carbonyl (C=O) groups is 2. The number of unbranched alkanes of at least 4 members (excludes halogenated alkanes) is 17. The molecule has 0 aromatic rings. The smallest absolute Gasteiger partial charge is 0.327 e. The number of carboxylic acids is 2. The highest BCUT2D eigenvalue weighted by Gasteiger charge is 1.97. The second kappa shape index (κ2) is 21.0. The molecule has 4 nitrogen and oxygen atoms in total. The Hall–Kier alpha value is -1.32. The first kappa shape index (κ1) is 25.7. The molecule has 0 atom stereocenters. The van der Waals surface area contributed by atoms with Gasteiger partial charge in [0, 0.05) is 12.5 Å². The van der Waals surface area contributed by atoms with Crippen molar-refractivity contribution in [1.82, 2.24) is 0 Å². The van der Waals surface area contributed by atoms with Crippen LogP contribution in [0, 0.1) is 0 Å². The number of allylic oxidation sites excluding steroid dienone is 1. The second-order valence-electron chi connectivity index (χ2n) is 7.68. The number of hydrogen-bond donors (Lipinski definition) is 2. The van der Waals surface area contributed by atoms with Gasteiger partial charge in [0.15, 0.2) is 0 Å². The molecule has 0 saturated carbocycles. The Morgan fingerprint density at radius 2 is 0.852 bits per heavy atom. The second-order valence-corrected chi connectivity index (χ2v) is 7.68. The first-order valence-corrected chi connectivity index (χ1v) is 11.2. The van der Waals surface area contributed by atoms with Crippen molar-refractivity contribution in [3.8, 4) is 0 Å². The molecule has 0 fully saturated rings. The molecule has 4 heteroatoms. The lowest BCUT2D eigenvalue weighted by Gasteiger charge is -2.03. The van der Waals surface area contributed by atoms with Crippen molar-refractivity contribution in [3.63, 3.8) is 0 Å². The van der Waals surface area contributed by atoms with Crippen molar-refractivity contribution >= 4 is 11.9 Å². The zero-order valence-electron chi connectivity index (χ0n) is 17.3. The van der Waals surface area contributed by atoms with Crippen molar-refractivity contribution in [2.45, 2.75) is 122 Å². The van der Waals surface area contributed by atoms with E-state index >= 15 is 0 Å². The van der Waals surface area contributed by atoms with Crippen molar-refractivity contribution < 1.29 is 19.8 Å². The first-order chi connectivity index (χ1) is 13.1. The first-order valence-electron chi connectivity index (χ1n) is 11.2. The summed E-state index contributed by atoms with van der Waals surface area (Å²) in [6.45, 7) is 0. The topological polar surface area (TPSA) is 74.6 Å². The quantitative estimate of drug-likeness (QED) is 0.164. The average Bonchev–Trinajstić information content (AvgIpc) is 2.62. The van der Waals surface area contributed by atoms with Gasteiger partial charge in [0.1, 0.15) is 0 Å². The average molecular weight is 383 g/mol. The minimum absolute atomic E-state index is 0.326. The molecule has 0 unspecified atom stereocenters. The van der Waals surface area contributed by atoms with Crippen LogP contribution in [0.1, 0.15) is 122 Å². The molecule has 0 aromatic heterocycles. The Labute approximate surface area is 166 Å². The van der Waals surface area contributed by atoms with Gasteiger partial charge in [-0.05, 0) is 19.3 Å². The molecule has 0 amide bonds. The molecular formula is C23H42O4. The molecule has 0 bridgehead atoms. The van der Waals surface area contributed by atoms with E-state index in [9.17, 15) is 9.59 Å². The predicted molar refractivity (Wildman–Crippen MR) is 112 cm³/mol. The lowest BCUT2D eigenvalue weighted by molar-refractivity contribution is -0.137. The number of hydrogen-bond acceptors (Lipinski definition) is 2.